The minimum absolute atomic E-state index is 0.0434. The first-order valence-corrected chi connectivity index (χ1v) is 5.08. The van der Waals surface area contributed by atoms with Gasteiger partial charge in [-0.25, -0.2) is 14.6 Å². The lowest BCUT2D eigenvalue weighted by atomic mass is 10.3. The van der Waals surface area contributed by atoms with Gasteiger partial charge in [0, 0.05) is 4.90 Å². The Kier molecular flexibility index (Phi) is 3.51. The number of carbonyl (C=O) groups excluding carboxylic acids is 2. The summed E-state index contributed by atoms with van der Waals surface area (Å²) in [6.45, 7) is 0. The summed E-state index contributed by atoms with van der Waals surface area (Å²) in [5.41, 5.74) is 10.1. The second-order valence-corrected chi connectivity index (χ2v) is 3.41. The Morgan fingerprint density at radius 3 is 2.67 bits per heavy atom. The molecule has 6 nitrogen and oxygen atoms in total. The maximum absolute atomic E-state index is 11.2. The van der Waals surface area contributed by atoms with Crippen LogP contribution in [0.2, 0.25) is 0 Å². The summed E-state index contributed by atoms with van der Waals surface area (Å²) < 4.78 is 4.16. The van der Waals surface area contributed by atoms with Crippen LogP contribution in [0.5, 0.6) is 0 Å². The summed E-state index contributed by atoms with van der Waals surface area (Å²) in [6.07, 6.45) is 0.646. The smallest absolute Gasteiger partial charge is 0.384 e. The van der Waals surface area contributed by atoms with Crippen LogP contribution in [-0.4, -0.2) is 23.3 Å². The van der Waals surface area contributed by atoms with Crippen molar-refractivity contribution in [2.45, 2.75) is 4.90 Å². The molecule has 1 rings (SSSR count). The number of nitrogen functional groups attached to an aromatic ring is 1. The summed E-state index contributed by atoms with van der Waals surface area (Å²) in [5, 5.41) is 0. The number of thioether (sulfide) groups is 1. The minimum Gasteiger partial charge on any atom is -0.384 e. The fourth-order valence-electron chi connectivity index (χ4n) is 0.892. The van der Waals surface area contributed by atoms with Gasteiger partial charge >= 0.3 is 12.1 Å². The van der Waals surface area contributed by atoms with E-state index in [0.717, 1.165) is 4.90 Å². The molecule has 0 fully saturated rings. The van der Waals surface area contributed by atoms with Crippen molar-refractivity contribution in [3.05, 3.63) is 17.8 Å². The van der Waals surface area contributed by atoms with Gasteiger partial charge in [-0.3, -0.25) is 0 Å². The number of aromatic nitrogens is 1. The molecule has 0 aromatic carbocycles. The number of nitrogens with two attached hydrogens (primary N) is 2. The highest BCUT2D eigenvalue weighted by Gasteiger charge is 2.13. The number of hydrogen-bond acceptors (Lipinski definition) is 6. The van der Waals surface area contributed by atoms with E-state index in [9.17, 15) is 9.59 Å². The second kappa shape index (κ2) is 4.65. The van der Waals surface area contributed by atoms with Gasteiger partial charge in [-0.05, 0) is 18.4 Å². The van der Waals surface area contributed by atoms with Gasteiger partial charge in [0.05, 0.1) is 0 Å². The monoisotopic (exact) mass is 227 g/mol. The predicted octanol–water partition coefficient (Wildman–Crippen LogP) is 0.621. The van der Waals surface area contributed by atoms with E-state index in [1.807, 2.05) is 6.26 Å². The molecule has 0 aliphatic carbocycles. The Morgan fingerprint density at radius 1 is 1.47 bits per heavy atom. The fraction of sp³-hybridized carbons (Fsp3) is 0.125. The molecule has 1 amide bonds. The topological polar surface area (TPSA) is 108 Å². The average Bonchev–Trinajstić information content (AvgIpc) is 2.15. The van der Waals surface area contributed by atoms with E-state index in [1.54, 1.807) is 6.07 Å². The lowest BCUT2D eigenvalue weighted by Gasteiger charge is -2.02. The number of primary amides is 1. The molecule has 7 heteroatoms. The Morgan fingerprint density at radius 2 is 2.13 bits per heavy atom. The van der Waals surface area contributed by atoms with Crippen LogP contribution in [0.25, 0.3) is 0 Å². The van der Waals surface area contributed by atoms with Crippen LogP contribution in [0.4, 0.5) is 10.6 Å². The van der Waals surface area contributed by atoms with Crippen molar-refractivity contribution in [1.29, 1.82) is 0 Å². The minimum atomic E-state index is -1.17. The molecule has 1 aromatic heterocycles. The van der Waals surface area contributed by atoms with Crippen molar-refractivity contribution in [2.75, 3.05) is 12.0 Å². The third kappa shape index (κ3) is 3.13. The van der Waals surface area contributed by atoms with Gasteiger partial charge in [0.1, 0.15) is 5.82 Å². The highest BCUT2D eigenvalue weighted by molar-refractivity contribution is 7.98. The van der Waals surface area contributed by atoms with E-state index < -0.39 is 12.1 Å². The molecule has 1 aromatic rings. The highest BCUT2D eigenvalue weighted by atomic mass is 32.2. The van der Waals surface area contributed by atoms with E-state index in [-0.39, 0.29) is 11.5 Å². The maximum Gasteiger partial charge on any atom is 0.412 e. The van der Waals surface area contributed by atoms with Crippen molar-refractivity contribution < 1.29 is 14.3 Å². The lowest BCUT2D eigenvalue weighted by Crippen LogP contribution is -2.19. The third-order valence-corrected chi connectivity index (χ3v) is 2.16. The normalized spacial score (nSPS) is 9.67. The largest absolute Gasteiger partial charge is 0.412 e. The first-order valence-electron chi connectivity index (χ1n) is 3.86. The molecular weight excluding hydrogens is 218 g/mol. The van der Waals surface area contributed by atoms with Gasteiger partial charge in [0.2, 0.25) is 0 Å². The van der Waals surface area contributed by atoms with Crippen molar-refractivity contribution in [2.24, 2.45) is 5.73 Å². The van der Waals surface area contributed by atoms with E-state index in [2.05, 4.69) is 9.72 Å². The standard InChI is InChI=1S/C8H9N3O3S/c1-15-4-2-5(11-6(9)3-4)7(12)14-8(10)13/h2-3H,1H3,(H2,9,11)(H2,10,13). The Bertz CT molecular complexity index is 408. The fourth-order valence-corrected chi connectivity index (χ4v) is 1.36. The quantitative estimate of drug-likeness (QED) is 0.435. The number of hydrogen-bond donors (Lipinski definition) is 2. The van der Waals surface area contributed by atoms with Crippen LogP contribution in [-0.2, 0) is 4.74 Å². The number of nitrogens with zero attached hydrogens (tertiary/aromatic N) is 1. The van der Waals surface area contributed by atoms with Crippen LogP contribution >= 0.6 is 11.8 Å². The van der Waals surface area contributed by atoms with Crippen LogP contribution in [0, 0.1) is 0 Å². The summed E-state index contributed by atoms with van der Waals surface area (Å²) in [6, 6.07) is 3.07. The molecule has 1 heterocycles. The molecule has 0 atom stereocenters. The van der Waals surface area contributed by atoms with Crippen LogP contribution in [0.1, 0.15) is 10.5 Å². The average molecular weight is 227 g/mol. The summed E-state index contributed by atoms with van der Waals surface area (Å²) in [5.74, 6) is -0.733. The van der Waals surface area contributed by atoms with Gasteiger partial charge in [0.25, 0.3) is 0 Å². The zero-order valence-corrected chi connectivity index (χ0v) is 8.71. The van der Waals surface area contributed by atoms with Gasteiger partial charge in [0.15, 0.2) is 5.69 Å². The Hall–Kier alpha value is -1.76. The van der Waals surface area contributed by atoms with E-state index >= 15 is 0 Å². The molecule has 0 aliphatic heterocycles. The molecule has 0 unspecified atom stereocenters. The summed E-state index contributed by atoms with van der Waals surface area (Å²) in [7, 11) is 0. The number of pyridine rings is 1. The Labute approximate surface area is 90.0 Å². The zero-order valence-electron chi connectivity index (χ0n) is 7.89. The van der Waals surface area contributed by atoms with E-state index in [0.29, 0.717) is 0 Å². The molecule has 0 radical (unpaired) electrons. The molecular formula is C8H9N3O3S. The molecule has 15 heavy (non-hydrogen) atoms. The lowest BCUT2D eigenvalue weighted by molar-refractivity contribution is 0.0632. The number of anilines is 1. The van der Waals surface area contributed by atoms with E-state index in [1.165, 1.54) is 17.8 Å². The van der Waals surface area contributed by atoms with E-state index in [4.69, 9.17) is 11.5 Å². The molecule has 4 N–H and O–H groups in total. The van der Waals surface area contributed by atoms with Crippen molar-refractivity contribution in [3.63, 3.8) is 0 Å². The SMILES string of the molecule is CSc1cc(N)nc(C(=O)OC(N)=O)c1. The zero-order chi connectivity index (χ0) is 11.4. The van der Waals surface area contributed by atoms with Crippen LogP contribution < -0.4 is 11.5 Å². The van der Waals surface area contributed by atoms with Crippen molar-refractivity contribution >= 4 is 29.6 Å². The van der Waals surface area contributed by atoms with Crippen molar-refractivity contribution in [1.82, 2.24) is 4.98 Å². The summed E-state index contributed by atoms with van der Waals surface area (Å²) >= 11 is 1.39. The first-order chi connectivity index (χ1) is 7.02. The Balaban J connectivity index is 2.98. The number of amides is 1. The number of esters is 1. The molecule has 0 aliphatic rings. The number of carbonyl (C=O) groups is 2. The van der Waals surface area contributed by atoms with Crippen LogP contribution in [0.15, 0.2) is 17.0 Å². The van der Waals surface area contributed by atoms with Gasteiger partial charge in [-0.15, -0.1) is 11.8 Å². The molecule has 0 saturated heterocycles. The summed E-state index contributed by atoms with van der Waals surface area (Å²) in [4.78, 5) is 26.0. The van der Waals surface area contributed by atoms with Gasteiger partial charge < -0.3 is 16.2 Å². The van der Waals surface area contributed by atoms with Gasteiger partial charge in [-0.1, -0.05) is 0 Å². The molecule has 80 valence electrons. The number of rotatable bonds is 2. The number of ether oxygens (including phenoxy) is 1. The maximum atomic E-state index is 11.2. The molecule has 0 bridgehead atoms. The van der Waals surface area contributed by atoms with Gasteiger partial charge in [-0.2, -0.15) is 0 Å². The second-order valence-electron chi connectivity index (χ2n) is 2.53. The predicted molar refractivity (Wildman–Crippen MR) is 55.4 cm³/mol. The molecule has 0 spiro atoms. The third-order valence-electron chi connectivity index (χ3n) is 1.46. The van der Waals surface area contributed by atoms with Crippen LogP contribution in [0.3, 0.4) is 0 Å². The first kappa shape index (κ1) is 11.3. The van der Waals surface area contributed by atoms with Crippen molar-refractivity contribution in [3.8, 4) is 0 Å². The molecule has 0 saturated carbocycles. The highest BCUT2D eigenvalue weighted by Crippen LogP contribution is 2.18.